The first-order valence-corrected chi connectivity index (χ1v) is 6.25. The Morgan fingerprint density at radius 1 is 1.44 bits per heavy atom. The summed E-state index contributed by atoms with van der Waals surface area (Å²) in [5.41, 5.74) is -0.0414. The van der Waals surface area contributed by atoms with E-state index in [4.69, 9.17) is 0 Å². The SMILES string of the molecule is CC1CCC(CO)(C(=O)O)N1Cc1ccccc1. The van der Waals surface area contributed by atoms with Crippen molar-refractivity contribution in [1.82, 2.24) is 4.90 Å². The minimum Gasteiger partial charge on any atom is -0.480 e. The molecule has 1 heterocycles. The van der Waals surface area contributed by atoms with Crippen LogP contribution in [-0.4, -0.2) is 39.3 Å². The van der Waals surface area contributed by atoms with Crippen LogP contribution in [0.3, 0.4) is 0 Å². The van der Waals surface area contributed by atoms with Crippen LogP contribution in [-0.2, 0) is 11.3 Å². The molecule has 98 valence electrons. The van der Waals surface area contributed by atoms with E-state index in [1.54, 1.807) is 0 Å². The Hall–Kier alpha value is -1.39. The van der Waals surface area contributed by atoms with Crippen molar-refractivity contribution in [1.29, 1.82) is 0 Å². The third kappa shape index (κ3) is 2.13. The Morgan fingerprint density at radius 3 is 2.67 bits per heavy atom. The molecule has 1 saturated heterocycles. The van der Waals surface area contributed by atoms with Crippen LogP contribution in [0.5, 0.6) is 0 Å². The number of likely N-dealkylation sites (tertiary alicyclic amines) is 1. The van der Waals surface area contributed by atoms with Gasteiger partial charge in [0.05, 0.1) is 6.61 Å². The summed E-state index contributed by atoms with van der Waals surface area (Å²) in [7, 11) is 0. The maximum Gasteiger partial charge on any atom is 0.326 e. The first-order valence-electron chi connectivity index (χ1n) is 6.25. The number of hydrogen-bond donors (Lipinski definition) is 2. The Morgan fingerprint density at radius 2 is 2.11 bits per heavy atom. The summed E-state index contributed by atoms with van der Waals surface area (Å²) in [6, 6.07) is 9.96. The Balaban J connectivity index is 2.25. The Kier molecular flexibility index (Phi) is 3.68. The molecule has 1 fully saturated rings. The van der Waals surface area contributed by atoms with E-state index in [0.29, 0.717) is 13.0 Å². The molecule has 4 nitrogen and oxygen atoms in total. The van der Waals surface area contributed by atoms with Gasteiger partial charge in [0.15, 0.2) is 0 Å². The van der Waals surface area contributed by atoms with Crippen LogP contribution in [0.1, 0.15) is 25.3 Å². The zero-order valence-corrected chi connectivity index (χ0v) is 10.5. The second kappa shape index (κ2) is 5.08. The third-order valence-electron chi connectivity index (χ3n) is 3.91. The van der Waals surface area contributed by atoms with Gasteiger partial charge in [-0.05, 0) is 25.3 Å². The first-order chi connectivity index (χ1) is 8.60. The van der Waals surface area contributed by atoms with Crippen LogP contribution in [0.15, 0.2) is 30.3 Å². The highest BCUT2D eigenvalue weighted by Crippen LogP contribution is 2.35. The van der Waals surface area contributed by atoms with Gasteiger partial charge in [0, 0.05) is 12.6 Å². The number of hydrogen-bond acceptors (Lipinski definition) is 3. The van der Waals surface area contributed by atoms with Crippen molar-refractivity contribution < 1.29 is 15.0 Å². The Bertz CT molecular complexity index is 420. The normalized spacial score (nSPS) is 28.4. The average Bonchev–Trinajstić information content (AvgIpc) is 2.69. The van der Waals surface area contributed by atoms with Crippen molar-refractivity contribution in [3.8, 4) is 0 Å². The molecular weight excluding hydrogens is 230 g/mol. The molecule has 0 aromatic heterocycles. The fraction of sp³-hybridized carbons (Fsp3) is 0.500. The average molecular weight is 249 g/mol. The fourth-order valence-corrected chi connectivity index (χ4v) is 2.72. The molecule has 1 aromatic carbocycles. The number of carbonyl (C=O) groups is 1. The summed E-state index contributed by atoms with van der Waals surface area (Å²) in [6.07, 6.45) is 1.31. The van der Waals surface area contributed by atoms with Gasteiger partial charge in [-0.15, -0.1) is 0 Å². The highest BCUT2D eigenvalue weighted by atomic mass is 16.4. The van der Waals surface area contributed by atoms with E-state index in [-0.39, 0.29) is 12.6 Å². The predicted molar refractivity (Wildman–Crippen MR) is 68.1 cm³/mol. The third-order valence-corrected chi connectivity index (χ3v) is 3.91. The maximum atomic E-state index is 11.5. The van der Waals surface area contributed by atoms with Gasteiger partial charge in [-0.1, -0.05) is 30.3 Å². The first kappa shape index (κ1) is 13.1. The number of carboxylic acid groups (broad SMARTS) is 1. The van der Waals surface area contributed by atoms with E-state index in [1.807, 2.05) is 42.2 Å². The molecule has 1 aliphatic heterocycles. The number of aliphatic carboxylic acids is 1. The minimum atomic E-state index is -1.12. The van der Waals surface area contributed by atoms with Crippen LogP contribution in [0.25, 0.3) is 0 Å². The smallest absolute Gasteiger partial charge is 0.326 e. The highest BCUT2D eigenvalue weighted by Gasteiger charge is 2.50. The van der Waals surface area contributed by atoms with Crippen molar-refractivity contribution >= 4 is 5.97 Å². The Labute approximate surface area is 107 Å². The van der Waals surface area contributed by atoms with Crippen molar-refractivity contribution in [2.75, 3.05) is 6.61 Å². The highest BCUT2D eigenvalue weighted by molar-refractivity contribution is 5.79. The summed E-state index contributed by atoms with van der Waals surface area (Å²) in [4.78, 5) is 13.4. The van der Waals surface area contributed by atoms with E-state index in [1.165, 1.54) is 0 Å². The summed E-state index contributed by atoms with van der Waals surface area (Å²) in [5.74, 6) is -0.926. The van der Waals surface area contributed by atoms with Crippen molar-refractivity contribution in [3.63, 3.8) is 0 Å². The molecule has 0 saturated carbocycles. The van der Waals surface area contributed by atoms with Crippen LogP contribution in [0.4, 0.5) is 0 Å². The molecule has 0 bridgehead atoms. The summed E-state index contributed by atoms with van der Waals surface area (Å²) in [5, 5.41) is 19.0. The van der Waals surface area contributed by atoms with E-state index < -0.39 is 11.5 Å². The number of aliphatic hydroxyl groups excluding tert-OH is 1. The summed E-state index contributed by atoms with van der Waals surface area (Å²) in [6.45, 7) is 2.25. The molecular formula is C14H19NO3. The summed E-state index contributed by atoms with van der Waals surface area (Å²) >= 11 is 0. The van der Waals surface area contributed by atoms with Crippen LogP contribution < -0.4 is 0 Å². The van der Waals surface area contributed by atoms with Gasteiger partial charge >= 0.3 is 5.97 Å². The van der Waals surface area contributed by atoms with Gasteiger partial charge in [0.1, 0.15) is 5.54 Å². The van der Waals surface area contributed by atoms with Crippen LogP contribution in [0, 0.1) is 0 Å². The van der Waals surface area contributed by atoms with Crippen LogP contribution in [0.2, 0.25) is 0 Å². The van der Waals surface area contributed by atoms with Gasteiger partial charge in [0.25, 0.3) is 0 Å². The zero-order valence-electron chi connectivity index (χ0n) is 10.5. The number of benzene rings is 1. The lowest BCUT2D eigenvalue weighted by Gasteiger charge is -2.35. The van der Waals surface area contributed by atoms with E-state index >= 15 is 0 Å². The monoisotopic (exact) mass is 249 g/mol. The van der Waals surface area contributed by atoms with Crippen molar-refractivity contribution in [2.24, 2.45) is 0 Å². The molecule has 0 spiro atoms. The lowest BCUT2D eigenvalue weighted by Crippen LogP contribution is -2.54. The molecule has 2 N–H and O–H groups in total. The maximum absolute atomic E-state index is 11.5. The largest absolute Gasteiger partial charge is 0.480 e. The molecule has 2 rings (SSSR count). The molecule has 0 amide bonds. The molecule has 18 heavy (non-hydrogen) atoms. The van der Waals surface area contributed by atoms with Gasteiger partial charge < -0.3 is 10.2 Å². The number of carboxylic acids is 1. The fourth-order valence-electron chi connectivity index (χ4n) is 2.72. The molecule has 0 aliphatic carbocycles. The topological polar surface area (TPSA) is 60.8 Å². The van der Waals surface area contributed by atoms with E-state index in [2.05, 4.69) is 0 Å². The quantitative estimate of drug-likeness (QED) is 0.848. The summed E-state index contributed by atoms with van der Waals surface area (Å²) < 4.78 is 0. The predicted octanol–water partition coefficient (Wildman–Crippen LogP) is 1.49. The van der Waals surface area contributed by atoms with Gasteiger partial charge in [0.2, 0.25) is 0 Å². The standard InChI is InChI=1S/C14H19NO3/c1-11-7-8-14(10-16,13(17)18)15(11)9-12-5-3-2-4-6-12/h2-6,11,16H,7-10H2,1H3,(H,17,18). The van der Waals surface area contributed by atoms with Gasteiger partial charge in [-0.25, -0.2) is 0 Å². The molecule has 0 radical (unpaired) electrons. The van der Waals surface area contributed by atoms with Gasteiger partial charge in [-0.2, -0.15) is 0 Å². The molecule has 4 heteroatoms. The minimum absolute atomic E-state index is 0.174. The van der Waals surface area contributed by atoms with E-state index in [0.717, 1.165) is 12.0 Å². The second-order valence-electron chi connectivity index (χ2n) is 5.00. The molecule has 2 atom stereocenters. The number of nitrogens with zero attached hydrogens (tertiary/aromatic N) is 1. The van der Waals surface area contributed by atoms with Gasteiger partial charge in [-0.3, -0.25) is 9.69 Å². The zero-order chi connectivity index (χ0) is 13.2. The van der Waals surface area contributed by atoms with Crippen molar-refractivity contribution in [3.05, 3.63) is 35.9 Å². The van der Waals surface area contributed by atoms with Crippen molar-refractivity contribution in [2.45, 2.75) is 37.9 Å². The number of rotatable bonds is 4. The second-order valence-corrected chi connectivity index (χ2v) is 5.00. The molecule has 1 aliphatic rings. The molecule has 1 aromatic rings. The molecule has 2 unspecified atom stereocenters. The van der Waals surface area contributed by atoms with E-state index in [9.17, 15) is 15.0 Å². The lowest BCUT2D eigenvalue weighted by molar-refractivity contribution is -0.153. The number of aliphatic hydroxyl groups is 1. The lowest BCUT2D eigenvalue weighted by atomic mass is 9.97. The van der Waals surface area contributed by atoms with Crippen LogP contribution >= 0.6 is 0 Å².